The maximum absolute atomic E-state index is 12.1. The van der Waals surface area contributed by atoms with Gasteiger partial charge in [-0.2, -0.15) is 0 Å². The first-order chi connectivity index (χ1) is 7.27. The number of hydrogen-bond donors (Lipinski definition) is 1. The summed E-state index contributed by atoms with van der Waals surface area (Å²) >= 11 is 0. The van der Waals surface area contributed by atoms with Gasteiger partial charge < -0.3 is 5.32 Å². The molecule has 1 aliphatic heterocycles. The predicted molar refractivity (Wildman–Crippen MR) is 62.6 cm³/mol. The Morgan fingerprint density at radius 3 is 2.60 bits per heavy atom. The molecule has 0 spiro atoms. The van der Waals surface area contributed by atoms with Crippen LogP contribution in [-0.4, -0.2) is 4.21 Å². The molecular weight excluding hydrogens is 206 g/mol. The van der Waals surface area contributed by atoms with Crippen molar-refractivity contribution < 1.29 is 4.21 Å². The van der Waals surface area contributed by atoms with Crippen molar-refractivity contribution in [1.82, 2.24) is 5.32 Å². The molecule has 0 bridgehead atoms. The van der Waals surface area contributed by atoms with Crippen LogP contribution in [0.2, 0.25) is 0 Å². The molecule has 0 unspecified atom stereocenters. The molecule has 0 saturated heterocycles. The summed E-state index contributed by atoms with van der Waals surface area (Å²) in [6.45, 7) is 2.02. The largest absolute Gasteiger partial charge is 0.367 e. The number of nitrogens with one attached hydrogen (secondary N) is 1. The summed E-state index contributed by atoms with van der Waals surface area (Å²) in [5, 5.41) is 2.96. The second-order valence-corrected chi connectivity index (χ2v) is 5.00. The van der Waals surface area contributed by atoms with E-state index in [1.807, 2.05) is 49.7 Å². The molecule has 1 aliphatic rings. The summed E-state index contributed by atoms with van der Waals surface area (Å²) in [7, 11) is -1.03. The maximum Gasteiger partial charge on any atom is 0.0826 e. The zero-order valence-corrected chi connectivity index (χ0v) is 9.38. The third-order valence-electron chi connectivity index (χ3n) is 2.25. The van der Waals surface area contributed by atoms with E-state index in [0.29, 0.717) is 0 Å². The molecule has 1 heterocycles. The van der Waals surface area contributed by atoms with Crippen molar-refractivity contribution in [3.8, 4) is 0 Å². The van der Waals surface area contributed by atoms with E-state index in [4.69, 9.17) is 0 Å². The number of benzene rings is 1. The van der Waals surface area contributed by atoms with Gasteiger partial charge in [-0.3, -0.25) is 0 Å². The molecule has 1 atom stereocenters. The highest BCUT2D eigenvalue weighted by Crippen LogP contribution is 2.18. The lowest BCUT2D eigenvalue weighted by Crippen LogP contribution is -2.05. The third-order valence-corrected chi connectivity index (χ3v) is 3.71. The molecule has 1 aromatic carbocycles. The Bertz CT molecular complexity index is 431. The fourth-order valence-electron chi connectivity index (χ4n) is 1.39. The number of hydrogen-bond acceptors (Lipinski definition) is 2. The van der Waals surface area contributed by atoms with E-state index in [1.165, 1.54) is 5.56 Å². The molecule has 1 N–H and O–H groups in total. The SMILES string of the molecule is Cc1ccc([S@](=O)C2=CNC=CC2)cc1. The second kappa shape index (κ2) is 4.45. The van der Waals surface area contributed by atoms with E-state index >= 15 is 0 Å². The van der Waals surface area contributed by atoms with Crippen LogP contribution in [0.1, 0.15) is 12.0 Å². The highest BCUT2D eigenvalue weighted by molar-refractivity contribution is 7.89. The van der Waals surface area contributed by atoms with Gasteiger partial charge in [-0.25, -0.2) is 4.21 Å². The zero-order chi connectivity index (χ0) is 10.7. The van der Waals surface area contributed by atoms with Crippen molar-refractivity contribution in [2.45, 2.75) is 18.2 Å². The molecule has 3 heteroatoms. The lowest BCUT2D eigenvalue weighted by molar-refractivity contribution is 0.685. The summed E-state index contributed by atoms with van der Waals surface area (Å²) in [6.07, 6.45) is 6.40. The van der Waals surface area contributed by atoms with Crippen LogP contribution in [0.15, 0.2) is 52.5 Å². The molecule has 2 nitrogen and oxygen atoms in total. The number of aryl methyl sites for hydroxylation is 1. The van der Waals surface area contributed by atoms with Crippen LogP contribution in [0.4, 0.5) is 0 Å². The summed E-state index contributed by atoms with van der Waals surface area (Å²) in [4.78, 5) is 1.78. The van der Waals surface area contributed by atoms with Gasteiger partial charge in [0.15, 0.2) is 0 Å². The van der Waals surface area contributed by atoms with Gasteiger partial charge in [0.25, 0.3) is 0 Å². The van der Waals surface area contributed by atoms with Crippen molar-refractivity contribution in [3.05, 3.63) is 53.2 Å². The third kappa shape index (κ3) is 2.36. The minimum Gasteiger partial charge on any atom is -0.367 e. The Labute approximate surface area is 92.2 Å². The zero-order valence-electron chi connectivity index (χ0n) is 8.57. The molecule has 1 aromatic rings. The van der Waals surface area contributed by atoms with E-state index < -0.39 is 10.8 Å². The Kier molecular flexibility index (Phi) is 3.02. The highest BCUT2D eigenvalue weighted by atomic mass is 32.2. The molecule has 0 fully saturated rings. The number of dihydropyridines is 1. The van der Waals surface area contributed by atoms with Crippen LogP contribution in [0.5, 0.6) is 0 Å². The summed E-state index contributed by atoms with van der Waals surface area (Å²) in [6, 6.07) is 7.81. The van der Waals surface area contributed by atoms with Gasteiger partial charge in [0, 0.05) is 22.4 Å². The standard InChI is InChI=1S/C12H13NOS/c1-10-4-6-11(7-5-10)15(14)12-3-2-8-13-9-12/h2,4-9,13H,3H2,1H3/t15-/m0/s1. The number of allylic oxidation sites excluding steroid dienone is 2. The van der Waals surface area contributed by atoms with E-state index in [0.717, 1.165) is 16.2 Å². The molecule has 78 valence electrons. The summed E-state index contributed by atoms with van der Waals surface area (Å²) in [5.41, 5.74) is 1.19. The van der Waals surface area contributed by atoms with Gasteiger partial charge in [-0.05, 0) is 25.3 Å². The van der Waals surface area contributed by atoms with Crippen LogP contribution in [0.25, 0.3) is 0 Å². The molecule has 0 aliphatic carbocycles. The minimum absolute atomic E-state index is 0.757. The maximum atomic E-state index is 12.1. The van der Waals surface area contributed by atoms with Gasteiger partial charge in [0.2, 0.25) is 0 Å². The molecule has 0 aromatic heterocycles. The van der Waals surface area contributed by atoms with E-state index in [1.54, 1.807) is 0 Å². The first kappa shape index (κ1) is 10.2. The molecule has 0 amide bonds. The molecule has 2 rings (SSSR count). The average molecular weight is 219 g/mol. The Hall–Kier alpha value is -1.35. The predicted octanol–water partition coefficient (Wildman–Crippen LogP) is 2.45. The van der Waals surface area contributed by atoms with Gasteiger partial charge in [0.05, 0.1) is 10.8 Å². The van der Waals surface area contributed by atoms with Crippen LogP contribution in [-0.2, 0) is 10.8 Å². The molecular formula is C12H13NOS. The topological polar surface area (TPSA) is 29.1 Å². The summed E-state index contributed by atoms with van der Waals surface area (Å²) < 4.78 is 12.1. The monoisotopic (exact) mass is 219 g/mol. The first-order valence-electron chi connectivity index (χ1n) is 4.86. The van der Waals surface area contributed by atoms with Gasteiger partial charge in [-0.15, -0.1) is 0 Å². The average Bonchev–Trinajstić information content (AvgIpc) is 2.30. The summed E-state index contributed by atoms with van der Waals surface area (Å²) in [5.74, 6) is 0. The minimum atomic E-state index is -1.03. The van der Waals surface area contributed by atoms with Crippen molar-refractivity contribution in [2.24, 2.45) is 0 Å². The molecule has 15 heavy (non-hydrogen) atoms. The quantitative estimate of drug-likeness (QED) is 0.827. The smallest absolute Gasteiger partial charge is 0.0826 e. The van der Waals surface area contributed by atoms with Crippen molar-refractivity contribution in [1.29, 1.82) is 0 Å². The first-order valence-corrected chi connectivity index (χ1v) is 6.01. The van der Waals surface area contributed by atoms with E-state index in [2.05, 4.69) is 5.32 Å². The van der Waals surface area contributed by atoms with Crippen molar-refractivity contribution in [3.63, 3.8) is 0 Å². The Balaban J connectivity index is 2.21. The van der Waals surface area contributed by atoms with Gasteiger partial charge >= 0.3 is 0 Å². The van der Waals surface area contributed by atoms with Gasteiger partial charge in [0.1, 0.15) is 0 Å². The van der Waals surface area contributed by atoms with Crippen LogP contribution >= 0.6 is 0 Å². The van der Waals surface area contributed by atoms with E-state index in [9.17, 15) is 4.21 Å². The fourth-order valence-corrected chi connectivity index (χ4v) is 2.49. The van der Waals surface area contributed by atoms with Crippen molar-refractivity contribution >= 4 is 10.8 Å². The van der Waals surface area contributed by atoms with Crippen LogP contribution in [0, 0.1) is 6.92 Å². The lowest BCUT2D eigenvalue weighted by Gasteiger charge is -2.09. The van der Waals surface area contributed by atoms with Crippen LogP contribution in [0.3, 0.4) is 0 Å². The van der Waals surface area contributed by atoms with E-state index in [-0.39, 0.29) is 0 Å². The molecule has 0 radical (unpaired) electrons. The lowest BCUT2D eigenvalue weighted by atomic mass is 10.2. The van der Waals surface area contributed by atoms with Gasteiger partial charge in [-0.1, -0.05) is 23.8 Å². The fraction of sp³-hybridized carbons (Fsp3) is 0.167. The molecule has 0 saturated carbocycles. The highest BCUT2D eigenvalue weighted by Gasteiger charge is 2.10. The second-order valence-electron chi connectivity index (χ2n) is 3.47. The normalized spacial score (nSPS) is 16.7. The van der Waals surface area contributed by atoms with Crippen LogP contribution < -0.4 is 5.32 Å². The van der Waals surface area contributed by atoms with Crippen molar-refractivity contribution in [2.75, 3.05) is 0 Å². The number of rotatable bonds is 2. The Morgan fingerprint density at radius 2 is 2.00 bits per heavy atom. The Morgan fingerprint density at radius 1 is 1.27 bits per heavy atom.